The van der Waals surface area contributed by atoms with E-state index in [4.69, 9.17) is 5.11 Å². The number of aliphatic hydroxyl groups excluding tert-OH is 1. The Balaban J connectivity index is 2.42. The summed E-state index contributed by atoms with van der Waals surface area (Å²) in [5, 5.41) is 16.7. The van der Waals surface area contributed by atoms with E-state index < -0.39 is 0 Å². The topological polar surface area (TPSA) is 58.9 Å². The predicted octanol–water partition coefficient (Wildman–Crippen LogP) is 1.03. The van der Waals surface area contributed by atoms with E-state index in [2.05, 4.69) is 15.2 Å². The molecule has 2 aromatic rings. The van der Waals surface area contributed by atoms with Crippen LogP contribution in [0.2, 0.25) is 0 Å². The van der Waals surface area contributed by atoms with Gasteiger partial charge in [-0.05, 0) is 23.8 Å². The minimum absolute atomic E-state index is 0.0128. The SMILES string of the molecule is OCc1cncc(-c2cccnn2)c1. The maximum Gasteiger partial charge on any atom is 0.0945 e. The molecule has 0 aliphatic carbocycles. The quantitative estimate of drug-likeness (QED) is 0.762. The molecular formula is C10H9N3O. The van der Waals surface area contributed by atoms with Gasteiger partial charge in [-0.2, -0.15) is 10.2 Å². The third-order valence-electron chi connectivity index (χ3n) is 1.85. The fourth-order valence-electron chi connectivity index (χ4n) is 1.17. The monoisotopic (exact) mass is 187 g/mol. The average molecular weight is 187 g/mol. The second-order valence-electron chi connectivity index (χ2n) is 2.85. The van der Waals surface area contributed by atoms with Crippen molar-refractivity contribution in [1.29, 1.82) is 0 Å². The first-order valence-electron chi connectivity index (χ1n) is 4.23. The molecule has 0 saturated carbocycles. The molecule has 0 radical (unpaired) electrons. The summed E-state index contributed by atoms with van der Waals surface area (Å²) in [5.74, 6) is 0. The van der Waals surface area contributed by atoms with Crippen LogP contribution in [-0.4, -0.2) is 20.3 Å². The molecule has 2 aromatic heterocycles. The van der Waals surface area contributed by atoms with Crippen molar-refractivity contribution in [2.24, 2.45) is 0 Å². The van der Waals surface area contributed by atoms with Crippen LogP contribution in [0.15, 0.2) is 36.8 Å². The Morgan fingerprint density at radius 3 is 2.93 bits per heavy atom. The van der Waals surface area contributed by atoms with Crippen LogP contribution in [0.4, 0.5) is 0 Å². The van der Waals surface area contributed by atoms with Crippen LogP contribution in [0.3, 0.4) is 0 Å². The van der Waals surface area contributed by atoms with Crippen molar-refractivity contribution in [2.45, 2.75) is 6.61 Å². The normalized spacial score (nSPS) is 10.1. The lowest BCUT2D eigenvalue weighted by Gasteiger charge is -2.00. The van der Waals surface area contributed by atoms with Crippen molar-refractivity contribution in [3.05, 3.63) is 42.4 Å². The maximum absolute atomic E-state index is 8.93. The van der Waals surface area contributed by atoms with Gasteiger partial charge in [0, 0.05) is 24.2 Å². The van der Waals surface area contributed by atoms with E-state index in [1.165, 1.54) is 0 Å². The lowest BCUT2D eigenvalue weighted by atomic mass is 10.1. The Hall–Kier alpha value is -1.81. The summed E-state index contributed by atoms with van der Waals surface area (Å²) >= 11 is 0. The van der Waals surface area contributed by atoms with Crippen LogP contribution in [0, 0.1) is 0 Å². The van der Waals surface area contributed by atoms with Crippen molar-refractivity contribution < 1.29 is 5.11 Å². The Bertz CT molecular complexity index is 417. The summed E-state index contributed by atoms with van der Waals surface area (Å²) < 4.78 is 0. The highest BCUT2D eigenvalue weighted by Gasteiger charge is 2.00. The first-order valence-corrected chi connectivity index (χ1v) is 4.23. The highest BCUT2D eigenvalue weighted by Crippen LogP contribution is 2.15. The fraction of sp³-hybridized carbons (Fsp3) is 0.100. The lowest BCUT2D eigenvalue weighted by Crippen LogP contribution is -1.90. The number of nitrogens with zero attached hydrogens (tertiary/aromatic N) is 3. The third-order valence-corrected chi connectivity index (χ3v) is 1.85. The Morgan fingerprint density at radius 2 is 2.21 bits per heavy atom. The molecule has 0 aliphatic heterocycles. The van der Waals surface area contributed by atoms with E-state index in [0.29, 0.717) is 0 Å². The zero-order valence-corrected chi connectivity index (χ0v) is 7.46. The minimum Gasteiger partial charge on any atom is -0.392 e. The molecule has 0 aromatic carbocycles. The number of hydrogen-bond donors (Lipinski definition) is 1. The number of pyridine rings is 1. The van der Waals surface area contributed by atoms with Crippen molar-refractivity contribution in [3.63, 3.8) is 0 Å². The second kappa shape index (κ2) is 3.93. The summed E-state index contributed by atoms with van der Waals surface area (Å²) in [6.45, 7) is -0.0128. The first-order chi connectivity index (χ1) is 6.90. The zero-order valence-electron chi connectivity index (χ0n) is 7.46. The van der Waals surface area contributed by atoms with Crippen LogP contribution in [0.1, 0.15) is 5.56 Å². The molecule has 2 heterocycles. The number of hydrogen-bond acceptors (Lipinski definition) is 4. The fourth-order valence-corrected chi connectivity index (χ4v) is 1.17. The molecule has 0 amide bonds. The van der Waals surface area contributed by atoms with Crippen LogP contribution in [0.25, 0.3) is 11.3 Å². The molecule has 4 nitrogen and oxygen atoms in total. The smallest absolute Gasteiger partial charge is 0.0945 e. The van der Waals surface area contributed by atoms with E-state index in [1.54, 1.807) is 18.6 Å². The zero-order chi connectivity index (χ0) is 9.80. The van der Waals surface area contributed by atoms with Gasteiger partial charge in [0.2, 0.25) is 0 Å². The second-order valence-corrected chi connectivity index (χ2v) is 2.85. The maximum atomic E-state index is 8.93. The van der Waals surface area contributed by atoms with Crippen molar-refractivity contribution in [1.82, 2.24) is 15.2 Å². The van der Waals surface area contributed by atoms with E-state index in [1.807, 2.05) is 18.2 Å². The molecule has 1 N–H and O–H groups in total. The van der Waals surface area contributed by atoms with Crippen LogP contribution < -0.4 is 0 Å². The summed E-state index contributed by atoms with van der Waals surface area (Å²) in [6, 6.07) is 5.51. The van der Waals surface area contributed by atoms with Crippen molar-refractivity contribution in [2.75, 3.05) is 0 Å². The van der Waals surface area contributed by atoms with Gasteiger partial charge in [-0.3, -0.25) is 4.98 Å². The van der Waals surface area contributed by atoms with Gasteiger partial charge in [-0.1, -0.05) is 0 Å². The van der Waals surface area contributed by atoms with Gasteiger partial charge >= 0.3 is 0 Å². The van der Waals surface area contributed by atoms with E-state index in [9.17, 15) is 0 Å². The van der Waals surface area contributed by atoms with Gasteiger partial charge in [0.15, 0.2) is 0 Å². The largest absolute Gasteiger partial charge is 0.392 e. The van der Waals surface area contributed by atoms with Crippen LogP contribution in [-0.2, 0) is 6.61 Å². The predicted molar refractivity (Wildman–Crippen MR) is 51.2 cm³/mol. The molecule has 0 aliphatic rings. The van der Waals surface area contributed by atoms with Gasteiger partial charge in [0.05, 0.1) is 12.3 Å². The van der Waals surface area contributed by atoms with E-state index in [-0.39, 0.29) is 6.61 Å². The van der Waals surface area contributed by atoms with Gasteiger partial charge < -0.3 is 5.11 Å². The number of aliphatic hydroxyl groups is 1. The summed E-state index contributed by atoms with van der Waals surface area (Å²) in [4.78, 5) is 4.00. The van der Waals surface area contributed by atoms with E-state index >= 15 is 0 Å². The standard InChI is InChI=1S/C10H9N3O/c14-7-8-4-9(6-11-5-8)10-2-1-3-12-13-10/h1-6,14H,7H2. The molecule has 2 rings (SSSR count). The third kappa shape index (κ3) is 1.75. The first kappa shape index (κ1) is 8.77. The van der Waals surface area contributed by atoms with Crippen molar-refractivity contribution >= 4 is 0 Å². The average Bonchev–Trinajstić information content (AvgIpc) is 2.30. The molecular weight excluding hydrogens is 178 g/mol. The molecule has 0 saturated heterocycles. The summed E-state index contributed by atoms with van der Waals surface area (Å²) in [5.41, 5.74) is 2.40. The van der Waals surface area contributed by atoms with Gasteiger partial charge in [0.25, 0.3) is 0 Å². The molecule has 0 atom stereocenters. The summed E-state index contributed by atoms with van der Waals surface area (Å²) in [6.07, 6.45) is 4.94. The molecule has 0 unspecified atom stereocenters. The Morgan fingerprint density at radius 1 is 1.29 bits per heavy atom. The highest BCUT2D eigenvalue weighted by molar-refractivity contribution is 5.57. The number of aromatic nitrogens is 3. The van der Waals surface area contributed by atoms with Gasteiger partial charge in [0.1, 0.15) is 0 Å². The molecule has 4 heteroatoms. The van der Waals surface area contributed by atoms with Gasteiger partial charge in [-0.25, -0.2) is 0 Å². The minimum atomic E-state index is -0.0128. The molecule has 0 spiro atoms. The molecule has 0 bridgehead atoms. The Labute approximate surface area is 81.3 Å². The Kier molecular flexibility index (Phi) is 2.46. The number of rotatable bonds is 2. The summed E-state index contributed by atoms with van der Waals surface area (Å²) in [7, 11) is 0. The van der Waals surface area contributed by atoms with Crippen LogP contribution >= 0.6 is 0 Å². The highest BCUT2D eigenvalue weighted by atomic mass is 16.3. The molecule has 0 fully saturated rings. The molecule has 14 heavy (non-hydrogen) atoms. The molecule has 70 valence electrons. The van der Waals surface area contributed by atoms with Crippen molar-refractivity contribution in [3.8, 4) is 11.3 Å². The van der Waals surface area contributed by atoms with Crippen LogP contribution in [0.5, 0.6) is 0 Å². The van der Waals surface area contributed by atoms with E-state index in [0.717, 1.165) is 16.8 Å². The lowest BCUT2D eigenvalue weighted by molar-refractivity contribution is 0.281. The van der Waals surface area contributed by atoms with Gasteiger partial charge in [-0.15, -0.1) is 0 Å².